The molecule has 2 aromatic rings. The van der Waals surface area contributed by atoms with E-state index in [1.165, 1.54) is 31.2 Å². The second-order valence-electron chi connectivity index (χ2n) is 4.91. The Labute approximate surface area is 138 Å². The van der Waals surface area contributed by atoms with E-state index >= 15 is 0 Å². The summed E-state index contributed by atoms with van der Waals surface area (Å²) < 4.78 is 5.08. The molecule has 0 aliphatic heterocycles. The lowest BCUT2D eigenvalue weighted by Gasteiger charge is -2.14. The van der Waals surface area contributed by atoms with Gasteiger partial charge in [-0.05, 0) is 36.8 Å². The van der Waals surface area contributed by atoms with E-state index in [2.05, 4.69) is 5.32 Å². The van der Waals surface area contributed by atoms with Gasteiger partial charge >= 0.3 is 5.97 Å². The lowest BCUT2D eigenvalue weighted by Crippen LogP contribution is -2.35. The molecule has 23 heavy (non-hydrogen) atoms. The van der Waals surface area contributed by atoms with Gasteiger partial charge in [0.1, 0.15) is 5.75 Å². The maximum Gasteiger partial charge on any atom is 0.339 e. The molecule has 0 radical (unpaired) electrons. The third-order valence-electron chi connectivity index (χ3n) is 3.15. The monoisotopic (exact) mass is 333 g/mol. The Hall–Kier alpha value is -2.53. The SMILES string of the molecule is C[C@@H](OC(=O)c1cccc(O)c1)C(=O)NCc1ccccc1Cl. The van der Waals surface area contributed by atoms with Gasteiger partial charge in [0.15, 0.2) is 6.10 Å². The van der Waals surface area contributed by atoms with Gasteiger partial charge in [0.2, 0.25) is 0 Å². The lowest BCUT2D eigenvalue weighted by molar-refractivity contribution is -0.129. The van der Waals surface area contributed by atoms with Crippen LogP contribution in [0.2, 0.25) is 5.02 Å². The number of phenols is 1. The molecule has 1 atom stereocenters. The first-order chi connectivity index (χ1) is 11.0. The number of hydrogen-bond acceptors (Lipinski definition) is 4. The second-order valence-corrected chi connectivity index (χ2v) is 5.31. The van der Waals surface area contributed by atoms with Crippen molar-refractivity contribution in [2.24, 2.45) is 0 Å². The molecule has 2 aromatic carbocycles. The Bertz CT molecular complexity index is 717. The molecule has 1 amide bonds. The van der Waals surface area contributed by atoms with Crippen molar-refractivity contribution in [3.63, 3.8) is 0 Å². The fraction of sp³-hybridized carbons (Fsp3) is 0.176. The number of carbonyl (C=O) groups excluding carboxylic acids is 2. The standard InChI is InChI=1S/C17H16ClNO4/c1-11(23-17(22)12-6-4-7-14(20)9-12)16(21)19-10-13-5-2-3-8-15(13)18/h2-9,11,20H,10H2,1H3,(H,19,21)/t11-/m1/s1. The third kappa shape index (κ3) is 4.72. The zero-order valence-corrected chi connectivity index (χ0v) is 13.2. The molecular weight excluding hydrogens is 318 g/mol. The highest BCUT2D eigenvalue weighted by atomic mass is 35.5. The van der Waals surface area contributed by atoms with Crippen LogP contribution in [0.15, 0.2) is 48.5 Å². The van der Waals surface area contributed by atoms with Gasteiger partial charge < -0.3 is 15.2 Å². The number of ether oxygens (including phenoxy) is 1. The van der Waals surface area contributed by atoms with Gasteiger partial charge in [0, 0.05) is 11.6 Å². The molecule has 0 saturated carbocycles. The first-order valence-electron chi connectivity index (χ1n) is 6.98. The molecule has 0 bridgehead atoms. The molecular formula is C17H16ClNO4. The molecule has 0 fully saturated rings. The Morgan fingerprint density at radius 1 is 1.22 bits per heavy atom. The predicted octanol–water partition coefficient (Wildman–Crippen LogP) is 2.91. The molecule has 2 N–H and O–H groups in total. The van der Waals surface area contributed by atoms with Gasteiger partial charge in [-0.25, -0.2) is 4.79 Å². The Morgan fingerprint density at radius 2 is 1.96 bits per heavy atom. The van der Waals surface area contributed by atoms with Gasteiger partial charge in [-0.15, -0.1) is 0 Å². The van der Waals surface area contributed by atoms with Crippen LogP contribution in [0.5, 0.6) is 5.75 Å². The van der Waals surface area contributed by atoms with Crippen LogP contribution in [0.4, 0.5) is 0 Å². The summed E-state index contributed by atoms with van der Waals surface area (Å²) in [6.07, 6.45) is -0.965. The minimum absolute atomic E-state index is 0.0460. The molecule has 2 rings (SSSR count). The lowest BCUT2D eigenvalue weighted by atomic mass is 10.2. The van der Waals surface area contributed by atoms with Crippen LogP contribution in [-0.4, -0.2) is 23.1 Å². The van der Waals surface area contributed by atoms with Gasteiger partial charge in [-0.2, -0.15) is 0 Å². The molecule has 0 aliphatic carbocycles. The number of benzene rings is 2. The smallest absolute Gasteiger partial charge is 0.339 e. The van der Waals surface area contributed by atoms with Crippen molar-refractivity contribution in [3.8, 4) is 5.75 Å². The summed E-state index contributed by atoms with van der Waals surface area (Å²) in [5, 5.41) is 12.6. The summed E-state index contributed by atoms with van der Waals surface area (Å²) in [7, 11) is 0. The summed E-state index contributed by atoms with van der Waals surface area (Å²) in [5.74, 6) is -1.16. The number of aromatic hydroxyl groups is 1. The minimum atomic E-state index is -0.965. The number of phenolic OH excluding ortho intramolecular Hbond substituents is 1. The summed E-state index contributed by atoms with van der Waals surface area (Å²) >= 11 is 6.01. The molecule has 0 saturated heterocycles. The number of rotatable bonds is 5. The number of nitrogens with one attached hydrogen (secondary N) is 1. The maximum atomic E-state index is 12.0. The van der Waals surface area contributed by atoms with Crippen LogP contribution in [-0.2, 0) is 16.1 Å². The van der Waals surface area contributed by atoms with Gasteiger partial charge in [0.05, 0.1) is 5.56 Å². The van der Waals surface area contributed by atoms with E-state index in [1.54, 1.807) is 18.2 Å². The molecule has 6 heteroatoms. The first kappa shape index (κ1) is 16.8. The average Bonchev–Trinajstić information content (AvgIpc) is 2.53. The third-order valence-corrected chi connectivity index (χ3v) is 3.51. The number of esters is 1. The van der Waals surface area contributed by atoms with Crippen molar-refractivity contribution < 1.29 is 19.4 Å². The zero-order chi connectivity index (χ0) is 16.8. The van der Waals surface area contributed by atoms with Crippen molar-refractivity contribution in [2.75, 3.05) is 0 Å². The quantitative estimate of drug-likeness (QED) is 0.825. The molecule has 0 aromatic heterocycles. The van der Waals surface area contributed by atoms with E-state index in [0.717, 1.165) is 5.56 Å². The minimum Gasteiger partial charge on any atom is -0.508 e. The Kier molecular flexibility index (Phi) is 5.60. The topological polar surface area (TPSA) is 75.6 Å². The predicted molar refractivity (Wildman–Crippen MR) is 86.3 cm³/mol. The van der Waals surface area contributed by atoms with Crippen molar-refractivity contribution >= 4 is 23.5 Å². The summed E-state index contributed by atoms with van der Waals surface area (Å²) in [4.78, 5) is 23.9. The van der Waals surface area contributed by atoms with Crippen LogP contribution in [0, 0.1) is 0 Å². The van der Waals surface area contributed by atoms with E-state index in [9.17, 15) is 14.7 Å². The van der Waals surface area contributed by atoms with Crippen LogP contribution in [0.3, 0.4) is 0 Å². The summed E-state index contributed by atoms with van der Waals surface area (Å²) in [6.45, 7) is 1.72. The summed E-state index contributed by atoms with van der Waals surface area (Å²) in [5.41, 5.74) is 0.949. The van der Waals surface area contributed by atoms with Crippen LogP contribution < -0.4 is 5.32 Å². The normalized spacial score (nSPS) is 11.6. The average molecular weight is 334 g/mol. The highest BCUT2D eigenvalue weighted by Crippen LogP contribution is 2.15. The molecule has 0 unspecified atom stereocenters. The molecule has 0 spiro atoms. The van der Waals surface area contributed by atoms with Crippen molar-refractivity contribution in [1.82, 2.24) is 5.32 Å². The first-order valence-corrected chi connectivity index (χ1v) is 7.36. The van der Waals surface area contributed by atoms with E-state index in [-0.39, 0.29) is 17.9 Å². The van der Waals surface area contributed by atoms with Crippen molar-refractivity contribution in [3.05, 3.63) is 64.7 Å². The van der Waals surface area contributed by atoms with Crippen molar-refractivity contribution in [1.29, 1.82) is 0 Å². The van der Waals surface area contributed by atoms with E-state index in [4.69, 9.17) is 16.3 Å². The fourth-order valence-electron chi connectivity index (χ4n) is 1.88. The number of hydrogen-bond donors (Lipinski definition) is 2. The van der Waals surface area contributed by atoms with Crippen molar-refractivity contribution in [2.45, 2.75) is 19.6 Å². The van der Waals surface area contributed by atoms with Crippen LogP contribution in [0.25, 0.3) is 0 Å². The molecule has 0 aliphatic rings. The highest BCUT2D eigenvalue weighted by molar-refractivity contribution is 6.31. The van der Waals surface area contributed by atoms with Crippen LogP contribution >= 0.6 is 11.6 Å². The molecule has 0 heterocycles. The Morgan fingerprint density at radius 3 is 2.65 bits per heavy atom. The van der Waals surface area contributed by atoms with E-state index < -0.39 is 18.0 Å². The number of carbonyl (C=O) groups is 2. The zero-order valence-electron chi connectivity index (χ0n) is 12.5. The van der Waals surface area contributed by atoms with E-state index in [1.807, 2.05) is 6.07 Å². The largest absolute Gasteiger partial charge is 0.508 e. The van der Waals surface area contributed by atoms with Crippen LogP contribution in [0.1, 0.15) is 22.8 Å². The van der Waals surface area contributed by atoms with Gasteiger partial charge in [-0.1, -0.05) is 35.9 Å². The maximum absolute atomic E-state index is 12.0. The van der Waals surface area contributed by atoms with E-state index in [0.29, 0.717) is 5.02 Å². The van der Waals surface area contributed by atoms with Gasteiger partial charge in [0.25, 0.3) is 5.91 Å². The fourth-order valence-corrected chi connectivity index (χ4v) is 2.09. The number of halogens is 1. The molecule has 5 nitrogen and oxygen atoms in total. The Balaban J connectivity index is 1.90. The highest BCUT2D eigenvalue weighted by Gasteiger charge is 2.19. The second kappa shape index (κ2) is 7.65. The number of amides is 1. The molecule has 120 valence electrons. The summed E-state index contributed by atoms with van der Waals surface area (Å²) in [6, 6.07) is 12.9. The van der Waals surface area contributed by atoms with Gasteiger partial charge in [-0.3, -0.25) is 4.79 Å².